The Hall–Kier alpha value is -2.36. The lowest BCUT2D eigenvalue weighted by Gasteiger charge is -2.19. The molecule has 0 bridgehead atoms. The van der Waals surface area contributed by atoms with Crippen LogP contribution in [0.25, 0.3) is 0 Å². The number of nitrogens with one attached hydrogen (secondary N) is 2. The van der Waals surface area contributed by atoms with E-state index in [2.05, 4.69) is 26.9 Å². The first kappa shape index (κ1) is 11.7. The smallest absolute Gasteiger partial charge is 0.135 e. The van der Waals surface area contributed by atoms with Crippen LogP contribution in [0.3, 0.4) is 0 Å². The molecule has 0 saturated heterocycles. The van der Waals surface area contributed by atoms with Gasteiger partial charge in [-0.1, -0.05) is 18.2 Å². The Labute approximate surface area is 112 Å². The second kappa shape index (κ2) is 5.10. The summed E-state index contributed by atoms with van der Waals surface area (Å²) >= 11 is 0. The molecule has 3 rings (SSSR count). The Morgan fingerprint density at radius 2 is 2.00 bits per heavy atom. The zero-order valence-corrected chi connectivity index (χ0v) is 10.9. The van der Waals surface area contributed by atoms with Crippen LogP contribution in [0.4, 0.5) is 11.5 Å². The number of hydrogen-bond acceptors (Lipinski definition) is 4. The first-order chi connectivity index (χ1) is 9.33. The van der Waals surface area contributed by atoms with Gasteiger partial charge in [0.1, 0.15) is 5.82 Å². The van der Waals surface area contributed by atoms with Crippen molar-refractivity contribution in [2.45, 2.75) is 13.3 Å². The van der Waals surface area contributed by atoms with Gasteiger partial charge in [0.05, 0.1) is 11.4 Å². The van der Waals surface area contributed by atoms with Crippen molar-refractivity contribution in [2.24, 2.45) is 5.10 Å². The lowest BCUT2D eigenvalue weighted by Crippen LogP contribution is -2.21. The quantitative estimate of drug-likeness (QED) is 0.808. The Balaban J connectivity index is 1.87. The predicted molar refractivity (Wildman–Crippen MR) is 78.7 cm³/mol. The van der Waals surface area contributed by atoms with Crippen molar-refractivity contribution >= 4 is 17.2 Å². The maximum absolute atomic E-state index is 4.51. The van der Waals surface area contributed by atoms with Crippen molar-refractivity contribution in [3.05, 3.63) is 53.7 Å². The molecule has 4 heteroatoms. The summed E-state index contributed by atoms with van der Waals surface area (Å²) in [7, 11) is 0. The first-order valence-corrected chi connectivity index (χ1v) is 6.42. The molecule has 0 atom stereocenters. The summed E-state index contributed by atoms with van der Waals surface area (Å²) < 4.78 is 0. The van der Waals surface area contributed by atoms with Gasteiger partial charge >= 0.3 is 0 Å². The largest absolute Gasteiger partial charge is 0.369 e. The van der Waals surface area contributed by atoms with Crippen LogP contribution in [0.2, 0.25) is 0 Å². The standard InChI is InChI=1S/C15H16N4/c1-11-7-8-13-14(9-10-16-15(13)17-11)19-18-12-5-3-2-4-6-12/h2-8,18H,9-10H2,1H3,(H,16,17)/b19-14+. The maximum Gasteiger partial charge on any atom is 0.135 e. The van der Waals surface area contributed by atoms with Gasteiger partial charge in [-0.05, 0) is 31.2 Å². The number of benzene rings is 1. The van der Waals surface area contributed by atoms with Crippen LogP contribution in [0.1, 0.15) is 17.7 Å². The van der Waals surface area contributed by atoms with E-state index in [1.165, 1.54) is 0 Å². The third-order valence-electron chi connectivity index (χ3n) is 3.09. The number of aryl methyl sites for hydroxylation is 1. The SMILES string of the molecule is Cc1ccc2c(n1)NCC/C2=N\Nc1ccccc1. The Morgan fingerprint density at radius 1 is 1.16 bits per heavy atom. The van der Waals surface area contributed by atoms with Gasteiger partial charge < -0.3 is 5.32 Å². The highest BCUT2D eigenvalue weighted by molar-refractivity contribution is 6.06. The molecule has 1 aliphatic heterocycles. The minimum Gasteiger partial charge on any atom is -0.369 e. The van der Waals surface area contributed by atoms with Crippen molar-refractivity contribution in [1.82, 2.24) is 4.98 Å². The third-order valence-corrected chi connectivity index (χ3v) is 3.09. The van der Waals surface area contributed by atoms with E-state index in [0.29, 0.717) is 0 Å². The molecule has 1 aliphatic rings. The van der Waals surface area contributed by atoms with E-state index in [9.17, 15) is 0 Å². The van der Waals surface area contributed by atoms with Gasteiger partial charge in [-0.2, -0.15) is 5.10 Å². The number of hydrogen-bond donors (Lipinski definition) is 2. The van der Waals surface area contributed by atoms with Gasteiger partial charge in [-0.25, -0.2) is 4.98 Å². The fraction of sp³-hybridized carbons (Fsp3) is 0.200. The normalized spacial score (nSPS) is 15.7. The van der Waals surface area contributed by atoms with Gasteiger partial charge in [0.25, 0.3) is 0 Å². The summed E-state index contributed by atoms with van der Waals surface area (Å²) in [5.74, 6) is 0.930. The van der Waals surface area contributed by atoms with Crippen LogP contribution >= 0.6 is 0 Å². The highest BCUT2D eigenvalue weighted by atomic mass is 15.3. The molecule has 0 saturated carbocycles. The van der Waals surface area contributed by atoms with Crippen LogP contribution in [0.5, 0.6) is 0 Å². The molecule has 0 unspecified atom stereocenters. The molecule has 2 N–H and O–H groups in total. The van der Waals surface area contributed by atoms with Crippen LogP contribution in [-0.2, 0) is 0 Å². The summed E-state index contributed by atoms with van der Waals surface area (Å²) in [4.78, 5) is 4.50. The molecule has 2 aromatic rings. The lowest BCUT2D eigenvalue weighted by atomic mass is 10.0. The molecule has 4 nitrogen and oxygen atoms in total. The summed E-state index contributed by atoms with van der Waals surface area (Å²) in [5, 5.41) is 7.82. The van der Waals surface area contributed by atoms with E-state index in [1.807, 2.05) is 43.3 Å². The highest BCUT2D eigenvalue weighted by Crippen LogP contribution is 2.20. The topological polar surface area (TPSA) is 49.3 Å². The minimum absolute atomic E-state index is 0.874. The number of pyridine rings is 1. The molecule has 19 heavy (non-hydrogen) atoms. The summed E-state index contributed by atoms with van der Waals surface area (Å²) in [6, 6.07) is 14.1. The molecule has 0 fully saturated rings. The van der Waals surface area contributed by atoms with Gasteiger partial charge in [0, 0.05) is 24.2 Å². The van der Waals surface area contributed by atoms with Gasteiger partial charge in [-0.3, -0.25) is 5.43 Å². The average molecular weight is 252 g/mol. The first-order valence-electron chi connectivity index (χ1n) is 6.42. The number of aromatic nitrogens is 1. The summed E-state index contributed by atoms with van der Waals surface area (Å²) in [6.45, 7) is 2.87. The molecular weight excluding hydrogens is 236 g/mol. The lowest BCUT2D eigenvalue weighted by molar-refractivity contribution is 1.02. The van der Waals surface area contributed by atoms with Crippen LogP contribution in [0.15, 0.2) is 47.6 Å². The summed E-state index contributed by atoms with van der Waals surface area (Å²) in [6.07, 6.45) is 0.900. The zero-order chi connectivity index (χ0) is 13.1. The Kier molecular flexibility index (Phi) is 3.14. The van der Waals surface area contributed by atoms with Crippen molar-refractivity contribution in [3.8, 4) is 0 Å². The number of nitrogens with zero attached hydrogens (tertiary/aromatic N) is 2. The molecule has 2 heterocycles. The van der Waals surface area contributed by atoms with E-state index in [0.717, 1.165) is 41.4 Å². The highest BCUT2D eigenvalue weighted by Gasteiger charge is 2.16. The second-order valence-corrected chi connectivity index (χ2v) is 4.56. The third kappa shape index (κ3) is 2.57. The predicted octanol–water partition coefficient (Wildman–Crippen LogP) is 3.02. The van der Waals surface area contributed by atoms with Crippen molar-refractivity contribution in [3.63, 3.8) is 0 Å². The number of hydrazone groups is 1. The molecule has 1 aromatic carbocycles. The van der Waals surface area contributed by atoms with E-state index in [4.69, 9.17) is 0 Å². The fourth-order valence-electron chi connectivity index (χ4n) is 2.12. The van der Waals surface area contributed by atoms with Crippen molar-refractivity contribution < 1.29 is 0 Å². The Morgan fingerprint density at radius 3 is 2.84 bits per heavy atom. The fourth-order valence-corrected chi connectivity index (χ4v) is 2.12. The monoisotopic (exact) mass is 252 g/mol. The zero-order valence-electron chi connectivity index (χ0n) is 10.9. The van der Waals surface area contributed by atoms with Crippen molar-refractivity contribution in [1.29, 1.82) is 0 Å². The number of para-hydroxylation sites is 1. The summed E-state index contributed by atoms with van der Waals surface area (Å²) in [5.41, 5.74) is 7.24. The van der Waals surface area contributed by atoms with Gasteiger partial charge in [0.2, 0.25) is 0 Å². The van der Waals surface area contributed by atoms with Crippen LogP contribution < -0.4 is 10.7 Å². The number of anilines is 2. The molecule has 1 aromatic heterocycles. The van der Waals surface area contributed by atoms with E-state index in [-0.39, 0.29) is 0 Å². The molecule has 0 amide bonds. The number of fused-ring (bicyclic) bond motifs is 1. The van der Waals surface area contributed by atoms with Crippen molar-refractivity contribution in [2.75, 3.05) is 17.3 Å². The molecule has 96 valence electrons. The van der Waals surface area contributed by atoms with Gasteiger partial charge in [0.15, 0.2) is 0 Å². The second-order valence-electron chi connectivity index (χ2n) is 4.56. The molecule has 0 spiro atoms. The average Bonchev–Trinajstić information content (AvgIpc) is 2.45. The van der Waals surface area contributed by atoms with Crippen LogP contribution in [-0.4, -0.2) is 17.2 Å². The number of rotatable bonds is 2. The molecule has 0 radical (unpaired) electrons. The van der Waals surface area contributed by atoms with E-state index in [1.54, 1.807) is 0 Å². The van der Waals surface area contributed by atoms with E-state index >= 15 is 0 Å². The molecule has 0 aliphatic carbocycles. The van der Waals surface area contributed by atoms with Crippen LogP contribution in [0, 0.1) is 6.92 Å². The minimum atomic E-state index is 0.874. The molecular formula is C15H16N4. The maximum atomic E-state index is 4.51. The Bertz CT molecular complexity index is 605. The van der Waals surface area contributed by atoms with E-state index < -0.39 is 0 Å². The van der Waals surface area contributed by atoms with Gasteiger partial charge in [-0.15, -0.1) is 0 Å².